The van der Waals surface area contributed by atoms with E-state index in [2.05, 4.69) is 12.2 Å². The minimum absolute atomic E-state index is 0.0633. The molecule has 0 bridgehead atoms. The molecule has 4 heteroatoms. The summed E-state index contributed by atoms with van der Waals surface area (Å²) in [5.74, 6) is 0.0633. The summed E-state index contributed by atoms with van der Waals surface area (Å²) in [5, 5.41) is 2.94. The van der Waals surface area contributed by atoms with E-state index in [1.807, 2.05) is 32.7 Å². The summed E-state index contributed by atoms with van der Waals surface area (Å²) in [7, 11) is 1.92. The Morgan fingerprint density at radius 3 is 2.47 bits per heavy atom. The Labute approximate surface area is 93.2 Å². The van der Waals surface area contributed by atoms with Gasteiger partial charge in [0.15, 0.2) is 0 Å². The summed E-state index contributed by atoms with van der Waals surface area (Å²) in [4.78, 5) is 13.6. The number of nitrogens with zero attached hydrogens (tertiary/aromatic N) is 1. The molecular weight excluding hydrogens is 190 g/mol. The van der Waals surface area contributed by atoms with Crippen LogP contribution in [-0.4, -0.2) is 42.5 Å². The minimum atomic E-state index is -0.132. The van der Waals surface area contributed by atoms with Gasteiger partial charge in [0.2, 0.25) is 5.91 Å². The van der Waals surface area contributed by atoms with Crippen LogP contribution in [0.1, 0.15) is 34.1 Å². The maximum atomic E-state index is 11.6. The monoisotopic (exact) mass is 215 g/mol. The highest BCUT2D eigenvalue weighted by atomic mass is 16.2. The van der Waals surface area contributed by atoms with E-state index in [1.54, 1.807) is 0 Å². The second-order valence-corrected chi connectivity index (χ2v) is 4.75. The third kappa shape index (κ3) is 5.14. The van der Waals surface area contributed by atoms with Crippen molar-refractivity contribution in [2.45, 2.75) is 45.7 Å². The van der Waals surface area contributed by atoms with Crippen molar-refractivity contribution in [3.05, 3.63) is 0 Å². The molecule has 4 nitrogen and oxygen atoms in total. The SMILES string of the molecule is CCC(C)NC(=O)CN(C)C(C)(C)CN. The van der Waals surface area contributed by atoms with Gasteiger partial charge < -0.3 is 11.1 Å². The van der Waals surface area contributed by atoms with Crippen molar-refractivity contribution in [2.24, 2.45) is 5.73 Å². The molecule has 0 saturated heterocycles. The number of likely N-dealkylation sites (N-methyl/N-ethyl adjacent to an activating group) is 1. The zero-order valence-corrected chi connectivity index (χ0v) is 10.6. The molecule has 0 rings (SSSR count). The van der Waals surface area contributed by atoms with Crippen LogP contribution in [-0.2, 0) is 4.79 Å². The second-order valence-electron chi connectivity index (χ2n) is 4.75. The fourth-order valence-corrected chi connectivity index (χ4v) is 1.01. The average Bonchev–Trinajstić information content (AvgIpc) is 2.17. The standard InChI is InChI=1S/C11H25N3O/c1-6-9(2)13-10(15)7-14(5)11(3,4)8-12/h9H,6-8,12H2,1-5H3,(H,13,15). The number of nitrogens with one attached hydrogen (secondary N) is 1. The maximum absolute atomic E-state index is 11.6. The zero-order valence-electron chi connectivity index (χ0n) is 10.6. The zero-order chi connectivity index (χ0) is 12.1. The largest absolute Gasteiger partial charge is 0.353 e. The molecule has 90 valence electrons. The number of rotatable bonds is 6. The van der Waals surface area contributed by atoms with Crippen LogP contribution in [0.5, 0.6) is 0 Å². The van der Waals surface area contributed by atoms with Crippen LogP contribution in [0.4, 0.5) is 0 Å². The van der Waals surface area contributed by atoms with Gasteiger partial charge in [0.1, 0.15) is 0 Å². The van der Waals surface area contributed by atoms with Crippen molar-refractivity contribution in [3.63, 3.8) is 0 Å². The van der Waals surface area contributed by atoms with E-state index in [-0.39, 0.29) is 17.5 Å². The first-order valence-electron chi connectivity index (χ1n) is 5.54. The van der Waals surface area contributed by atoms with Crippen molar-refractivity contribution in [1.29, 1.82) is 0 Å². The molecule has 0 aromatic rings. The molecule has 0 heterocycles. The molecule has 1 atom stereocenters. The molecule has 0 aliphatic rings. The summed E-state index contributed by atoms with van der Waals surface area (Å²) in [6, 6.07) is 0.242. The van der Waals surface area contributed by atoms with Gasteiger partial charge in [-0.1, -0.05) is 6.92 Å². The number of hydrogen-bond donors (Lipinski definition) is 2. The molecule has 0 spiro atoms. The molecule has 0 aromatic heterocycles. The molecular formula is C11H25N3O. The average molecular weight is 215 g/mol. The molecule has 3 N–H and O–H groups in total. The number of hydrogen-bond acceptors (Lipinski definition) is 3. The highest BCUT2D eigenvalue weighted by molar-refractivity contribution is 5.78. The Balaban J connectivity index is 4.07. The quantitative estimate of drug-likeness (QED) is 0.681. The van der Waals surface area contributed by atoms with E-state index in [0.29, 0.717) is 13.1 Å². The molecule has 1 unspecified atom stereocenters. The highest BCUT2D eigenvalue weighted by Crippen LogP contribution is 2.08. The van der Waals surface area contributed by atoms with Gasteiger partial charge in [0.05, 0.1) is 6.54 Å². The molecule has 0 radical (unpaired) electrons. The van der Waals surface area contributed by atoms with Crippen LogP contribution in [0.25, 0.3) is 0 Å². The first kappa shape index (κ1) is 14.4. The van der Waals surface area contributed by atoms with Crippen molar-refractivity contribution >= 4 is 5.91 Å². The van der Waals surface area contributed by atoms with Crippen LogP contribution >= 0.6 is 0 Å². The Bertz CT molecular complexity index is 204. The highest BCUT2D eigenvalue weighted by Gasteiger charge is 2.23. The molecule has 0 fully saturated rings. The lowest BCUT2D eigenvalue weighted by Gasteiger charge is -2.34. The Morgan fingerprint density at radius 1 is 1.53 bits per heavy atom. The fourth-order valence-electron chi connectivity index (χ4n) is 1.01. The van der Waals surface area contributed by atoms with E-state index in [1.165, 1.54) is 0 Å². The first-order chi connectivity index (χ1) is 6.83. The number of amides is 1. The van der Waals surface area contributed by atoms with Crippen molar-refractivity contribution < 1.29 is 4.79 Å². The summed E-state index contributed by atoms with van der Waals surface area (Å²) >= 11 is 0. The Kier molecular flexibility index (Phi) is 5.83. The lowest BCUT2D eigenvalue weighted by atomic mass is 10.0. The molecule has 0 aliphatic carbocycles. The summed E-state index contributed by atoms with van der Waals surface area (Å²) in [5.41, 5.74) is 5.50. The fraction of sp³-hybridized carbons (Fsp3) is 0.909. The van der Waals surface area contributed by atoms with E-state index in [9.17, 15) is 4.79 Å². The summed E-state index contributed by atoms with van der Waals surface area (Å²) in [6.07, 6.45) is 0.954. The van der Waals surface area contributed by atoms with Gasteiger partial charge in [0.25, 0.3) is 0 Å². The van der Waals surface area contributed by atoms with Gasteiger partial charge in [-0.05, 0) is 34.2 Å². The third-order valence-corrected chi connectivity index (χ3v) is 2.93. The number of carbonyl (C=O) groups excluding carboxylic acids is 1. The molecule has 1 amide bonds. The summed E-state index contributed by atoms with van der Waals surface area (Å²) in [6.45, 7) is 9.06. The second kappa shape index (κ2) is 6.08. The van der Waals surface area contributed by atoms with Gasteiger partial charge in [-0.3, -0.25) is 9.69 Å². The van der Waals surface area contributed by atoms with E-state index in [0.717, 1.165) is 6.42 Å². The van der Waals surface area contributed by atoms with E-state index >= 15 is 0 Å². The van der Waals surface area contributed by atoms with Gasteiger partial charge in [-0.25, -0.2) is 0 Å². The van der Waals surface area contributed by atoms with Crippen molar-refractivity contribution in [1.82, 2.24) is 10.2 Å². The van der Waals surface area contributed by atoms with Crippen molar-refractivity contribution in [3.8, 4) is 0 Å². The van der Waals surface area contributed by atoms with E-state index < -0.39 is 0 Å². The maximum Gasteiger partial charge on any atom is 0.234 e. The summed E-state index contributed by atoms with van der Waals surface area (Å²) < 4.78 is 0. The first-order valence-corrected chi connectivity index (χ1v) is 5.54. The van der Waals surface area contributed by atoms with E-state index in [4.69, 9.17) is 5.73 Å². The van der Waals surface area contributed by atoms with Crippen LogP contribution in [0.15, 0.2) is 0 Å². The van der Waals surface area contributed by atoms with Gasteiger partial charge in [-0.15, -0.1) is 0 Å². The van der Waals surface area contributed by atoms with Gasteiger partial charge in [-0.2, -0.15) is 0 Å². The van der Waals surface area contributed by atoms with Gasteiger partial charge >= 0.3 is 0 Å². The lowest BCUT2D eigenvalue weighted by molar-refractivity contribution is -0.123. The predicted molar refractivity (Wildman–Crippen MR) is 63.7 cm³/mol. The van der Waals surface area contributed by atoms with Crippen LogP contribution in [0.3, 0.4) is 0 Å². The van der Waals surface area contributed by atoms with Crippen LogP contribution < -0.4 is 11.1 Å². The molecule has 0 saturated carbocycles. The number of carbonyl (C=O) groups is 1. The smallest absolute Gasteiger partial charge is 0.234 e. The Hall–Kier alpha value is -0.610. The van der Waals surface area contributed by atoms with Gasteiger partial charge in [0, 0.05) is 18.1 Å². The lowest BCUT2D eigenvalue weighted by Crippen LogP contribution is -2.51. The normalized spacial score (nSPS) is 14.1. The number of nitrogens with two attached hydrogens (primary N) is 1. The minimum Gasteiger partial charge on any atom is -0.353 e. The molecule has 15 heavy (non-hydrogen) atoms. The molecule has 0 aliphatic heterocycles. The van der Waals surface area contributed by atoms with Crippen LogP contribution in [0, 0.1) is 0 Å². The molecule has 0 aromatic carbocycles. The van der Waals surface area contributed by atoms with Crippen molar-refractivity contribution in [2.75, 3.05) is 20.1 Å². The topological polar surface area (TPSA) is 58.4 Å². The Morgan fingerprint density at radius 2 is 2.07 bits per heavy atom. The predicted octanol–water partition coefficient (Wildman–Crippen LogP) is 0.570. The third-order valence-electron chi connectivity index (χ3n) is 2.93. The van der Waals surface area contributed by atoms with Crippen LogP contribution in [0.2, 0.25) is 0 Å².